The van der Waals surface area contributed by atoms with Crippen LogP contribution in [0.4, 0.5) is 0 Å². The van der Waals surface area contributed by atoms with Crippen molar-refractivity contribution in [2.45, 2.75) is 70.7 Å². The van der Waals surface area contributed by atoms with Crippen molar-refractivity contribution in [3.05, 3.63) is 0 Å². The van der Waals surface area contributed by atoms with Gasteiger partial charge in [-0.05, 0) is 33.6 Å². The highest BCUT2D eigenvalue weighted by Crippen LogP contribution is 2.24. The minimum atomic E-state index is -0.383. The number of rotatable bonds is 5. The van der Waals surface area contributed by atoms with Crippen LogP contribution in [-0.2, 0) is 14.5 Å². The predicted molar refractivity (Wildman–Crippen MR) is 59.6 cm³/mol. The standard InChI is InChI=1S/C12H24O3/c1-10(13-4)12(2,3)15-14-11-8-6-5-7-9-11/h10-11H,5-9H2,1-4H3. The van der Waals surface area contributed by atoms with Crippen LogP contribution in [0, 0.1) is 0 Å². The lowest BCUT2D eigenvalue weighted by Crippen LogP contribution is -2.39. The molecule has 0 bridgehead atoms. The first kappa shape index (κ1) is 12.9. The van der Waals surface area contributed by atoms with Crippen molar-refractivity contribution in [1.29, 1.82) is 0 Å². The van der Waals surface area contributed by atoms with E-state index in [1.165, 1.54) is 19.3 Å². The van der Waals surface area contributed by atoms with Gasteiger partial charge in [-0.15, -0.1) is 0 Å². The predicted octanol–water partition coefficient (Wildman–Crippen LogP) is 3.08. The molecule has 15 heavy (non-hydrogen) atoms. The highest BCUT2D eigenvalue weighted by atomic mass is 17.2. The van der Waals surface area contributed by atoms with Crippen molar-refractivity contribution in [3.63, 3.8) is 0 Å². The Balaban J connectivity index is 2.27. The summed E-state index contributed by atoms with van der Waals surface area (Å²) in [6.45, 7) is 5.97. The maximum atomic E-state index is 5.50. The van der Waals surface area contributed by atoms with Crippen LogP contribution in [0.15, 0.2) is 0 Å². The molecule has 1 aliphatic carbocycles. The highest BCUT2D eigenvalue weighted by molar-refractivity contribution is 4.75. The van der Waals surface area contributed by atoms with Gasteiger partial charge in [-0.2, -0.15) is 0 Å². The molecule has 0 aromatic carbocycles. The van der Waals surface area contributed by atoms with Crippen LogP contribution in [0.5, 0.6) is 0 Å². The zero-order valence-corrected chi connectivity index (χ0v) is 10.4. The molecule has 0 saturated heterocycles. The molecular weight excluding hydrogens is 192 g/mol. The molecule has 3 heteroatoms. The molecule has 0 radical (unpaired) electrons. The van der Waals surface area contributed by atoms with Crippen molar-refractivity contribution in [2.24, 2.45) is 0 Å². The maximum Gasteiger partial charge on any atom is 0.124 e. The lowest BCUT2D eigenvalue weighted by Gasteiger charge is -2.31. The molecule has 0 aromatic heterocycles. The Hall–Kier alpha value is -0.120. The van der Waals surface area contributed by atoms with Gasteiger partial charge in [0.15, 0.2) is 0 Å². The van der Waals surface area contributed by atoms with Gasteiger partial charge >= 0.3 is 0 Å². The number of methoxy groups -OCH3 is 1. The minimum Gasteiger partial charge on any atom is -0.379 e. The normalized spacial score (nSPS) is 21.6. The van der Waals surface area contributed by atoms with Crippen LogP contribution in [0.25, 0.3) is 0 Å². The topological polar surface area (TPSA) is 27.7 Å². The van der Waals surface area contributed by atoms with E-state index < -0.39 is 0 Å². The van der Waals surface area contributed by atoms with E-state index >= 15 is 0 Å². The van der Waals surface area contributed by atoms with E-state index in [0.717, 1.165) is 12.8 Å². The second-order valence-corrected chi connectivity index (χ2v) is 4.92. The quantitative estimate of drug-likeness (QED) is 0.522. The third-order valence-electron chi connectivity index (χ3n) is 3.28. The fourth-order valence-corrected chi connectivity index (χ4v) is 1.70. The van der Waals surface area contributed by atoms with Gasteiger partial charge in [-0.25, -0.2) is 9.78 Å². The van der Waals surface area contributed by atoms with Gasteiger partial charge in [0, 0.05) is 7.11 Å². The summed E-state index contributed by atoms with van der Waals surface area (Å²) < 4.78 is 5.25. The van der Waals surface area contributed by atoms with Crippen molar-refractivity contribution in [3.8, 4) is 0 Å². The summed E-state index contributed by atoms with van der Waals surface area (Å²) in [6, 6.07) is 0. The SMILES string of the molecule is COC(C)C(C)(C)OOC1CCCCC1. The molecule has 1 saturated carbocycles. The fourth-order valence-electron chi connectivity index (χ4n) is 1.70. The first-order valence-electron chi connectivity index (χ1n) is 5.93. The third-order valence-corrected chi connectivity index (χ3v) is 3.28. The van der Waals surface area contributed by atoms with E-state index in [0.29, 0.717) is 0 Å². The third kappa shape index (κ3) is 4.09. The summed E-state index contributed by atoms with van der Waals surface area (Å²) in [5, 5.41) is 0. The molecule has 1 rings (SSSR count). The zero-order chi connectivity index (χ0) is 11.3. The summed E-state index contributed by atoms with van der Waals surface area (Å²) in [7, 11) is 1.69. The van der Waals surface area contributed by atoms with Gasteiger partial charge in [0.05, 0.1) is 12.2 Å². The second-order valence-electron chi connectivity index (χ2n) is 4.92. The first-order chi connectivity index (χ1) is 7.06. The Labute approximate surface area is 93.0 Å². The summed E-state index contributed by atoms with van der Waals surface area (Å²) in [5.41, 5.74) is -0.383. The lowest BCUT2D eigenvalue weighted by atomic mass is 9.98. The largest absolute Gasteiger partial charge is 0.379 e. The zero-order valence-electron chi connectivity index (χ0n) is 10.4. The maximum absolute atomic E-state index is 5.50. The summed E-state index contributed by atoms with van der Waals surface area (Å²) in [4.78, 5) is 11.0. The van der Waals surface area contributed by atoms with Crippen molar-refractivity contribution in [2.75, 3.05) is 7.11 Å². The van der Waals surface area contributed by atoms with E-state index in [1.807, 2.05) is 20.8 Å². The monoisotopic (exact) mass is 216 g/mol. The van der Waals surface area contributed by atoms with Gasteiger partial charge in [-0.3, -0.25) is 0 Å². The van der Waals surface area contributed by atoms with Gasteiger partial charge < -0.3 is 4.74 Å². The smallest absolute Gasteiger partial charge is 0.124 e. The molecule has 1 atom stereocenters. The molecule has 0 amide bonds. The number of hydrogen-bond acceptors (Lipinski definition) is 3. The molecule has 0 heterocycles. The average Bonchev–Trinajstić information content (AvgIpc) is 2.27. The lowest BCUT2D eigenvalue weighted by molar-refractivity contribution is -0.393. The molecule has 0 aromatic rings. The summed E-state index contributed by atoms with van der Waals surface area (Å²) in [6.07, 6.45) is 6.40. The van der Waals surface area contributed by atoms with Crippen LogP contribution in [0.3, 0.4) is 0 Å². The van der Waals surface area contributed by atoms with E-state index in [4.69, 9.17) is 14.5 Å². The van der Waals surface area contributed by atoms with Crippen molar-refractivity contribution in [1.82, 2.24) is 0 Å². The fraction of sp³-hybridized carbons (Fsp3) is 1.00. The van der Waals surface area contributed by atoms with E-state index in [2.05, 4.69) is 0 Å². The number of ether oxygens (including phenoxy) is 1. The Morgan fingerprint density at radius 2 is 1.73 bits per heavy atom. The van der Waals surface area contributed by atoms with E-state index in [1.54, 1.807) is 7.11 Å². The Morgan fingerprint density at radius 1 is 1.13 bits per heavy atom. The first-order valence-corrected chi connectivity index (χ1v) is 5.93. The van der Waals surface area contributed by atoms with Gasteiger partial charge in [-0.1, -0.05) is 19.3 Å². The van der Waals surface area contributed by atoms with Crippen LogP contribution >= 0.6 is 0 Å². The Bertz CT molecular complexity index is 174. The molecule has 1 fully saturated rings. The molecule has 0 spiro atoms. The van der Waals surface area contributed by atoms with Gasteiger partial charge in [0.2, 0.25) is 0 Å². The van der Waals surface area contributed by atoms with Crippen LogP contribution in [-0.4, -0.2) is 24.9 Å². The number of hydrogen-bond donors (Lipinski definition) is 0. The van der Waals surface area contributed by atoms with Gasteiger partial charge in [0.1, 0.15) is 5.60 Å². The summed E-state index contributed by atoms with van der Waals surface area (Å²) in [5.74, 6) is 0. The Morgan fingerprint density at radius 3 is 2.27 bits per heavy atom. The van der Waals surface area contributed by atoms with E-state index in [9.17, 15) is 0 Å². The molecule has 3 nitrogen and oxygen atoms in total. The molecular formula is C12H24O3. The second kappa shape index (κ2) is 5.83. The van der Waals surface area contributed by atoms with Crippen LogP contribution < -0.4 is 0 Å². The van der Waals surface area contributed by atoms with Gasteiger partial charge in [0.25, 0.3) is 0 Å². The van der Waals surface area contributed by atoms with Crippen LogP contribution in [0.1, 0.15) is 52.9 Å². The molecule has 0 N–H and O–H groups in total. The molecule has 1 aliphatic rings. The van der Waals surface area contributed by atoms with Crippen molar-refractivity contribution < 1.29 is 14.5 Å². The molecule has 1 unspecified atom stereocenters. The van der Waals surface area contributed by atoms with Crippen LogP contribution in [0.2, 0.25) is 0 Å². The molecule has 90 valence electrons. The van der Waals surface area contributed by atoms with Crippen molar-refractivity contribution >= 4 is 0 Å². The van der Waals surface area contributed by atoms with E-state index in [-0.39, 0.29) is 17.8 Å². The average molecular weight is 216 g/mol. The Kier molecular flexibility index (Phi) is 5.03. The minimum absolute atomic E-state index is 0.0288. The highest BCUT2D eigenvalue weighted by Gasteiger charge is 2.29. The summed E-state index contributed by atoms with van der Waals surface area (Å²) >= 11 is 0. The molecule has 0 aliphatic heterocycles.